The number of aromatic amines is 1. The number of rotatable bonds is 6. The second-order valence-electron chi connectivity index (χ2n) is 4.08. The minimum atomic E-state index is 0.0597. The zero-order chi connectivity index (χ0) is 12.8. The molecule has 0 aromatic carbocycles. The van der Waals surface area contributed by atoms with Gasteiger partial charge in [0.15, 0.2) is 4.77 Å². The van der Waals surface area contributed by atoms with E-state index in [-0.39, 0.29) is 11.9 Å². The number of nitrogens with zero attached hydrogens (tertiary/aromatic N) is 2. The molecule has 96 valence electrons. The SMILES string of the molecule is CCc1n[nH]c(=S)n1CCC(=O)NC(C)CC. The number of H-pyrrole nitrogens is 1. The fourth-order valence-corrected chi connectivity index (χ4v) is 1.76. The highest BCUT2D eigenvalue weighted by Crippen LogP contribution is 2.01. The summed E-state index contributed by atoms with van der Waals surface area (Å²) in [6.07, 6.45) is 2.18. The highest BCUT2D eigenvalue weighted by atomic mass is 32.1. The van der Waals surface area contributed by atoms with Gasteiger partial charge in [-0.1, -0.05) is 13.8 Å². The van der Waals surface area contributed by atoms with Crippen molar-refractivity contribution in [2.75, 3.05) is 0 Å². The molecule has 0 aliphatic heterocycles. The van der Waals surface area contributed by atoms with Gasteiger partial charge in [-0.05, 0) is 25.6 Å². The van der Waals surface area contributed by atoms with Gasteiger partial charge < -0.3 is 9.88 Å². The third kappa shape index (κ3) is 3.96. The molecule has 6 heteroatoms. The predicted molar refractivity (Wildman–Crippen MR) is 69.3 cm³/mol. The molecule has 1 rings (SSSR count). The lowest BCUT2D eigenvalue weighted by Crippen LogP contribution is -2.32. The van der Waals surface area contributed by atoms with Gasteiger partial charge >= 0.3 is 0 Å². The van der Waals surface area contributed by atoms with Crippen molar-refractivity contribution in [1.29, 1.82) is 0 Å². The summed E-state index contributed by atoms with van der Waals surface area (Å²) >= 11 is 5.11. The summed E-state index contributed by atoms with van der Waals surface area (Å²) in [6, 6.07) is 0.227. The Morgan fingerprint density at radius 1 is 1.59 bits per heavy atom. The van der Waals surface area contributed by atoms with E-state index in [2.05, 4.69) is 15.5 Å². The molecule has 0 spiro atoms. The largest absolute Gasteiger partial charge is 0.354 e. The number of aryl methyl sites for hydroxylation is 1. The van der Waals surface area contributed by atoms with Gasteiger partial charge in [0.05, 0.1) is 0 Å². The van der Waals surface area contributed by atoms with Crippen molar-refractivity contribution in [3.63, 3.8) is 0 Å². The summed E-state index contributed by atoms with van der Waals surface area (Å²) in [7, 11) is 0. The first-order chi connectivity index (χ1) is 8.08. The summed E-state index contributed by atoms with van der Waals surface area (Å²) in [5, 5.41) is 9.78. The maximum atomic E-state index is 11.6. The molecule has 1 unspecified atom stereocenters. The van der Waals surface area contributed by atoms with Crippen molar-refractivity contribution in [2.45, 2.75) is 52.6 Å². The van der Waals surface area contributed by atoms with Crippen LogP contribution in [0, 0.1) is 4.77 Å². The molecule has 0 radical (unpaired) electrons. The lowest BCUT2D eigenvalue weighted by atomic mass is 10.2. The average Bonchev–Trinajstić information content (AvgIpc) is 2.67. The van der Waals surface area contributed by atoms with Crippen LogP contribution in [0.2, 0.25) is 0 Å². The smallest absolute Gasteiger partial charge is 0.222 e. The van der Waals surface area contributed by atoms with Crippen LogP contribution in [0.1, 0.15) is 39.4 Å². The van der Waals surface area contributed by atoms with Crippen LogP contribution in [0.4, 0.5) is 0 Å². The number of nitrogens with one attached hydrogen (secondary N) is 2. The number of carbonyl (C=O) groups excluding carboxylic acids is 1. The molecule has 0 saturated heterocycles. The number of hydrogen-bond acceptors (Lipinski definition) is 3. The van der Waals surface area contributed by atoms with Crippen molar-refractivity contribution < 1.29 is 4.79 Å². The fraction of sp³-hybridized carbons (Fsp3) is 0.727. The molecule has 0 fully saturated rings. The Hall–Kier alpha value is -1.17. The Kier molecular flexibility index (Phi) is 5.34. The molecule has 2 N–H and O–H groups in total. The second kappa shape index (κ2) is 6.54. The topological polar surface area (TPSA) is 62.7 Å². The molecule has 1 heterocycles. The van der Waals surface area contributed by atoms with Crippen LogP contribution in [0.15, 0.2) is 0 Å². The molecule has 0 aliphatic carbocycles. The van der Waals surface area contributed by atoms with Crippen LogP contribution in [0.25, 0.3) is 0 Å². The molecule has 17 heavy (non-hydrogen) atoms. The van der Waals surface area contributed by atoms with E-state index in [0.29, 0.717) is 17.7 Å². The maximum Gasteiger partial charge on any atom is 0.222 e. The van der Waals surface area contributed by atoms with Crippen molar-refractivity contribution in [3.05, 3.63) is 10.6 Å². The Bertz CT molecular complexity index is 423. The first-order valence-corrected chi connectivity index (χ1v) is 6.42. The minimum Gasteiger partial charge on any atom is -0.354 e. The molecule has 0 bridgehead atoms. The zero-order valence-corrected chi connectivity index (χ0v) is 11.4. The lowest BCUT2D eigenvalue weighted by Gasteiger charge is -2.11. The fourth-order valence-electron chi connectivity index (χ4n) is 1.51. The standard InChI is InChI=1S/C11H20N4OS/c1-4-8(3)12-10(16)6-7-15-9(5-2)13-14-11(15)17/h8H,4-7H2,1-3H3,(H,12,16)(H,14,17). The Balaban J connectivity index is 2.52. The molecule has 0 saturated carbocycles. The van der Waals surface area contributed by atoms with Gasteiger partial charge in [0.2, 0.25) is 5.91 Å². The van der Waals surface area contributed by atoms with E-state index in [4.69, 9.17) is 12.2 Å². The Morgan fingerprint density at radius 2 is 2.29 bits per heavy atom. The van der Waals surface area contributed by atoms with Gasteiger partial charge in [-0.3, -0.25) is 9.89 Å². The first kappa shape index (κ1) is 13.9. The Labute approximate surface area is 107 Å². The molecule has 1 amide bonds. The number of aromatic nitrogens is 3. The quantitative estimate of drug-likeness (QED) is 0.763. The molecule has 1 aromatic rings. The molecule has 5 nitrogen and oxygen atoms in total. The van der Waals surface area contributed by atoms with Crippen LogP contribution >= 0.6 is 12.2 Å². The van der Waals surface area contributed by atoms with Crippen LogP contribution in [-0.2, 0) is 17.8 Å². The van der Waals surface area contributed by atoms with E-state index in [1.807, 2.05) is 25.3 Å². The summed E-state index contributed by atoms with van der Waals surface area (Å²) in [4.78, 5) is 11.6. The highest BCUT2D eigenvalue weighted by molar-refractivity contribution is 7.71. The first-order valence-electron chi connectivity index (χ1n) is 6.01. The van der Waals surface area contributed by atoms with Gasteiger partial charge in [-0.25, -0.2) is 0 Å². The monoisotopic (exact) mass is 256 g/mol. The van der Waals surface area contributed by atoms with E-state index in [1.165, 1.54) is 0 Å². The number of amides is 1. The van der Waals surface area contributed by atoms with E-state index in [1.54, 1.807) is 0 Å². The van der Waals surface area contributed by atoms with Crippen molar-refractivity contribution in [2.24, 2.45) is 0 Å². The van der Waals surface area contributed by atoms with E-state index >= 15 is 0 Å². The highest BCUT2D eigenvalue weighted by Gasteiger charge is 2.08. The number of hydrogen-bond donors (Lipinski definition) is 2. The molecule has 1 atom stereocenters. The minimum absolute atomic E-state index is 0.0597. The molecular weight excluding hydrogens is 236 g/mol. The predicted octanol–water partition coefficient (Wildman–Crippen LogP) is 1.81. The summed E-state index contributed by atoms with van der Waals surface area (Å²) in [6.45, 7) is 6.65. The second-order valence-corrected chi connectivity index (χ2v) is 4.46. The molecular formula is C11H20N4OS. The van der Waals surface area contributed by atoms with Gasteiger partial charge in [0.1, 0.15) is 5.82 Å². The normalized spacial score (nSPS) is 12.4. The van der Waals surface area contributed by atoms with Crippen LogP contribution in [-0.4, -0.2) is 26.7 Å². The van der Waals surface area contributed by atoms with Crippen LogP contribution in [0.5, 0.6) is 0 Å². The van der Waals surface area contributed by atoms with E-state index in [9.17, 15) is 4.79 Å². The summed E-state index contributed by atoms with van der Waals surface area (Å²) in [5.74, 6) is 0.954. The summed E-state index contributed by atoms with van der Waals surface area (Å²) in [5.41, 5.74) is 0. The van der Waals surface area contributed by atoms with Crippen molar-refractivity contribution in [1.82, 2.24) is 20.1 Å². The molecule has 0 aliphatic rings. The third-order valence-corrected chi connectivity index (χ3v) is 3.05. The Morgan fingerprint density at radius 3 is 2.88 bits per heavy atom. The molecule has 1 aromatic heterocycles. The maximum absolute atomic E-state index is 11.6. The van der Waals surface area contributed by atoms with Gasteiger partial charge in [-0.2, -0.15) is 5.10 Å². The van der Waals surface area contributed by atoms with E-state index in [0.717, 1.165) is 18.7 Å². The summed E-state index contributed by atoms with van der Waals surface area (Å²) < 4.78 is 2.46. The van der Waals surface area contributed by atoms with E-state index < -0.39 is 0 Å². The van der Waals surface area contributed by atoms with Gasteiger partial charge in [0.25, 0.3) is 0 Å². The van der Waals surface area contributed by atoms with Gasteiger partial charge in [0, 0.05) is 25.4 Å². The zero-order valence-electron chi connectivity index (χ0n) is 10.6. The third-order valence-electron chi connectivity index (χ3n) is 2.74. The lowest BCUT2D eigenvalue weighted by molar-refractivity contribution is -0.121. The van der Waals surface area contributed by atoms with Crippen LogP contribution in [0.3, 0.4) is 0 Å². The van der Waals surface area contributed by atoms with Crippen molar-refractivity contribution >= 4 is 18.1 Å². The van der Waals surface area contributed by atoms with Crippen LogP contribution < -0.4 is 5.32 Å². The number of carbonyl (C=O) groups is 1. The van der Waals surface area contributed by atoms with Crippen molar-refractivity contribution in [3.8, 4) is 0 Å². The van der Waals surface area contributed by atoms with Gasteiger partial charge in [-0.15, -0.1) is 0 Å². The average molecular weight is 256 g/mol.